The lowest BCUT2D eigenvalue weighted by Gasteiger charge is -2.29. The van der Waals surface area contributed by atoms with Crippen LogP contribution in [0.25, 0.3) is 0 Å². The number of hydrogen-bond acceptors (Lipinski definition) is 6. The maximum absolute atomic E-state index is 11.6. The first kappa shape index (κ1) is 18.3. The second kappa shape index (κ2) is 6.58. The standard InChI is InChI=1S/C15H23NO6/c1-10-7-11(17)16(13(10)19)8-12(18)20-22-21-15(5,6)9-14(2,3)4/h7H,8-9H2,1-6H3. The molecule has 2 amide bonds. The fourth-order valence-corrected chi connectivity index (χ4v) is 2.40. The van der Waals surface area contributed by atoms with Crippen LogP contribution >= 0.6 is 0 Å². The summed E-state index contributed by atoms with van der Waals surface area (Å²) in [6.07, 6.45) is 1.84. The highest BCUT2D eigenvalue weighted by molar-refractivity contribution is 6.16. The summed E-state index contributed by atoms with van der Waals surface area (Å²) in [6, 6.07) is 0. The van der Waals surface area contributed by atoms with Crippen LogP contribution in [0, 0.1) is 5.41 Å². The van der Waals surface area contributed by atoms with Crippen molar-refractivity contribution in [2.45, 2.75) is 53.6 Å². The van der Waals surface area contributed by atoms with Crippen LogP contribution in [0.5, 0.6) is 0 Å². The average Bonchev–Trinajstić information content (AvgIpc) is 2.52. The zero-order valence-electron chi connectivity index (χ0n) is 13.9. The van der Waals surface area contributed by atoms with Crippen LogP contribution in [0.15, 0.2) is 11.6 Å². The molecule has 0 fully saturated rings. The number of carbonyl (C=O) groups is 3. The fourth-order valence-electron chi connectivity index (χ4n) is 2.40. The molecule has 0 unspecified atom stereocenters. The molecule has 0 aromatic heterocycles. The molecule has 7 heteroatoms. The van der Waals surface area contributed by atoms with Gasteiger partial charge in [0.1, 0.15) is 12.1 Å². The van der Waals surface area contributed by atoms with E-state index in [9.17, 15) is 14.4 Å². The van der Waals surface area contributed by atoms with Crippen molar-refractivity contribution in [2.75, 3.05) is 6.54 Å². The van der Waals surface area contributed by atoms with Gasteiger partial charge in [0.05, 0.1) is 0 Å². The minimum atomic E-state index is -0.892. The number of carbonyl (C=O) groups excluding carboxylic acids is 3. The molecule has 0 aromatic carbocycles. The molecule has 0 saturated carbocycles. The Bertz CT molecular complexity index is 501. The normalized spacial score (nSPS) is 16.1. The zero-order valence-corrected chi connectivity index (χ0v) is 13.9. The van der Waals surface area contributed by atoms with E-state index in [0.29, 0.717) is 6.42 Å². The molecule has 0 atom stereocenters. The molecule has 124 valence electrons. The van der Waals surface area contributed by atoms with Gasteiger partial charge in [0.15, 0.2) is 0 Å². The van der Waals surface area contributed by atoms with Gasteiger partial charge in [-0.15, -0.1) is 0 Å². The molecule has 0 spiro atoms. The number of imide groups is 1. The predicted molar refractivity (Wildman–Crippen MR) is 76.9 cm³/mol. The summed E-state index contributed by atoms with van der Waals surface area (Å²) in [6.45, 7) is 10.7. The van der Waals surface area contributed by atoms with E-state index in [-0.39, 0.29) is 11.0 Å². The van der Waals surface area contributed by atoms with Gasteiger partial charge in [-0.1, -0.05) is 20.8 Å². The highest BCUT2D eigenvalue weighted by Crippen LogP contribution is 2.29. The van der Waals surface area contributed by atoms with Crippen molar-refractivity contribution in [2.24, 2.45) is 5.41 Å². The largest absolute Gasteiger partial charge is 0.365 e. The Labute approximate surface area is 130 Å². The van der Waals surface area contributed by atoms with Gasteiger partial charge >= 0.3 is 5.97 Å². The third-order valence-electron chi connectivity index (χ3n) is 2.82. The van der Waals surface area contributed by atoms with Gasteiger partial charge in [-0.2, -0.15) is 4.89 Å². The molecule has 1 heterocycles. The van der Waals surface area contributed by atoms with Gasteiger partial charge in [0.2, 0.25) is 0 Å². The van der Waals surface area contributed by atoms with Crippen molar-refractivity contribution < 1.29 is 29.2 Å². The zero-order chi connectivity index (χ0) is 17.1. The molecule has 0 radical (unpaired) electrons. The van der Waals surface area contributed by atoms with Crippen molar-refractivity contribution in [3.8, 4) is 0 Å². The van der Waals surface area contributed by atoms with Gasteiger partial charge in [0, 0.05) is 11.6 Å². The topological polar surface area (TPSA) is 82.1 Å². The molecule has 0 aliphatic carbocycles. The van der Waals surface area contributed by atoms with Gasteiger partial charge in [-0.05, 0) is 37.6 Å². The van der Waals surface area contributed by atoms with Crippen LogP contribution in [-0.4, -0.2) is 34.8 Å². The summed E-state index contributed by atoms with van der Waals surface area (Å²) >= 11 is 0. The quantitative estimate of drug-likeness (QED) is 0.423. The van der Waals surface area contributed by atoms with E-state index in [1.54, 1.807) is 13.8 Å². The molecule has 0 saturated heterocycles. The third-order valence-corrected chi connectivity index (χ3v) is 2.82. The Hall–Kier alpha value is -1.73. The van der Waals surface area contributed by atoms with Crippen LogP contribution < -0.4 is 0 Å². The van der Waals surface area contributed by atoms with Crippen LogP contribution in [0.1, 0.15) is 48.0 Å². The van der Waals surface area contributed by atoms with Gasteiger partial charge in [-0.3, -0.25) is 19.4 Å². The molecular formula is C15H23NO6. The van der Waals surface area contributed by atoms with Crippen LogP contribution in [0.4, 0.5) is 0 Å². The highest BCUT2D eigenvalue weighted by atomic mass is 17.5. The lowest BCUT2D eigenvalue weighted by atomic mass is 9.84. The SMILES string of the molecule is CC1=CC(=O)N(CC(=O)OOOC(C)(C)CC(C)(C)C)C1=O. The second-order valence-corrected chi connectivity index (χ2v) is 7.16. The summed E-state index contributed by atoms with van der Waals surface area (Å²) in [4.78, 5) is 44.9. The Morgan fingerprint density at radius 3 is 2.23 bits per heavy atom. The Morgan fingerprint density at radius 1 is 1.18 bits per heavy atom. The Balaban J connectivity index is 2.39. The van der Waals surface area contributed by atoms with Crippen LogP contribution in [0.2, 0.25) is 0 Å². The molecule has 0 bridgehead atoms. The van der Waals surface area contributed by atoms with Crippen LogP contribution in [0.3, 0.4) is 0 Å². The smallest absolute Gasteiger partial charge is 0.269 e. The predicted octanol–water partition coefficient (Wildman–Crippen LogP) is 1.92. The first-order valence-electron chi connectivity index (χ1n) is 7.01. The molecule has 1 rings (SSSR count). The maximum atomic E-state index is 11.6. The monoisotopic (exact) mass is 313 g/mol. The van der Waals surface area contributed by atoms with Crippen molar-refractivity contribution in [1.82, 2.24) is 4.90 Å². The van der Waals surface area contributed by atoms with Gasteiger partial charge < -0.3 is 0 Å². The Morgan fingerprint density at radius 2 is 1.77 bits per heavy atom. The number of nitrogens with zero attached hydrogens (tertiary/aromatic N) is 1. The molecule has 7 nitrogen and oxygen atoms in total. The Kier molecular flexibility index (Phi) is 5.48. The first-order valence-corrected chi connectivity index (χ1v) is 7.01. The minimum absolute atomic E-state index is 0.00839. The molecular weight excluding hydrogens is 290 g/mol. The summed E-state index contributed by atoms with van der Waals surface area (Å²) in [7, 11) is 0. The second-order valence-electron chi connectivity index (χ2n) is 7.16. The average molecular weight is 313 g/mol. The summed E-state index contributed by atoms with van der Waals surface area (Å²) in [5.41, 5.74) is -0.369. The van der Waals surface area contributed by atoms with E-state index >= 15 is 0 Å². The van der Waals surface area contributed by atoms with E-state index in [0.717, 1.165) is 4.90 Å². The summed E-state index contributed by atoms with van der Waals surface area (Å²) < 4.78 is 0. The fraction of sp³-hybridized carbons (Fsp3) is 0.667. The molecule has 0 aromatic rings. The van der Waals surface area contributed by atoms with Gasteiger partial charge in [-0.25, -0.2) is 4.79 Å². The molecule has 1 aliphatic heterocycles. The molecule has 0 N–H and O–H groups in total. The number of rotatable bonds is 6. The summed E-state index contributed by atoms with van der Waals surface area (Å²) in [5, 5.41) is 4.50. The minimum Gasteiger partial charge on any atom is -0.269 e. The molecule has 22 heavy (non-hydrogen) atoms. The molecule has 1 aliphatic rings. The third kappa shape index (κ3) is 5.57. The van der Waals surface area contributed by atoms with E-state index in [1.165, 1.54) is 13.0 Å². The number of hydrogen-bond donors (Lipinski definition) is 0. The van der Waals surface area contributed by atoms with Crippen molar-refractivity contribution in [1.29, 1.82) is 0 Å². The van der Waals surface area contributed by atoms with Crippen molar-refractivity contribution in [3.63, 3.8) is 0 Å². The number of amides is 2. The lowest BCUT2D eigenvalue weighted by Crippen LogP contribution is -2.37. The lowest BCUT2D eigenvalue weighted by molar-refractivity contribution is -0.518. The van der Waals surface area contributed by atoms with E-state index in [1.807, 2.05) is 20.8 Å². The first-order chi connectivity index (χ1) is 9.91. The van der Waals surface area contributed by atoms with Gasteiger partial charge in [0.25, 0.3) is 11.8 Å². The van der Waals surface area contributed by atoms with Crippen molar-refractivity contribution in [3.05, 3.63) is 11.6 Å². The highest BCUT2D eigenvalue weighted by Gasteiger charge is 2.32. The van der Waals surface area contributed by atoms with Crippen molar-refractivity contribution >= 4 is 17.8 Å². The van der Waals surface area contributed by atoms with E-state index in [4.69, 9.17) is 4.89 Å². The van der Waals surface area contributed by atoms with Crippen LogP contribution in [-0.2, 0) is 29.2 Å². The maximum Gasteiger partial charge on any atom is 0.365 e. The van der Waals surface area contributed by atoms with E-state index in [2.05, 4.69) is 9.93 Å². The summed E-state index contributed by atoms with van der Waals surface area (Å²) in [5.74, 6) is -1.96. The van der Waals surface area contributed by atoms with E-state index < -0.39 is 29.9 Å².